The highest BCUT2D eigenvalue weighted by Crippen LogP contribution is 2.22. The van der Waals surface area contributed by atoms with Crippen LogP contribution in [0.3, 0.4) is 0 Å². The van der Waals surface area contributed by atoms with Gasteiger partial charge in [-0.2, -0.15) is 5.10 Å². The van der Waals surface area contributed by atoms with Crippen LogP contribution in [0.1, 0.15) is 20.8 Å². The molecule has 3 N–H and O–H groups in total. The fraction of sp³-hybridized carbons (Fsp3) is 0. The molecule has 0 saturated heterocycles. The summed E-state index contributed by atoms with van der Waals surface area (Å²) in [5.41, 5.74) is 2.32. The summed E-state index contributed by atoms with van der Waals surface area (Å²) in [5.74, 6) is -1.38. The van der Waals surface area contributed by atoms with Gasteiger partial charge in [0.25, 0.3) is 5.91 Å². The molecule has 7 nitrogen and oxygen atoms in total. The SMILES string of the molecule is O=C(O)c1ccn(-c2ccccc2NC(=O)c2cccc3cc[nH]c23)n1. The number of carbonyl (C=O) groups excluding carboxylic acids is 1. The molecule has 1 amide bonds. The number of aromatic amines is 1. The first-order valence-corrected chi connectivity index (χ1v) is 7.89. The fourth-order valence-corrected chi connectivity index (χ4v) is 2.82. The molecule has 0 atom stereocenters. The minimum absolute atomic E-state index is 0.0673. The van der Waals surface area contributed by atoms with Crippen LogP contribution in [0, 0.1) is 0 Å². The zero-order valence-electron chi connectivity index (χ0n) is 13.5. The first-order valence-electron chi connectivity index (χ1n) is 7.89. The summed E-state index contributed by atoms with van der Waals surface area (Å²) in [7, 11) is 0. The standard InChI is InChI=1S/C19H14N4O3/c24-18(13-5-3-4-12-8-10-20-17(12)13)21-14-6-1-2-7-16(14)23-11-9-15(22-23)19(25)26/h1-11,20H,(H,21,24)(H,25,26). The first kappa shape index (κ1) is 15.6. The van der Waals surface area contributed by atoms with Gasteiger partial charge in [-0.05, 0) is 30.3 Å². The normalized spacial score (nSPS) is 10.8. The molecule has 0 saturated carbocycles. The van der Waals surface area contributed by atoms with Gasteiger partial charge in [0.2, 0.25) is 0 Å². The number of hydrogen-bond donors (Lipinski definition) is 3. The first-order chi connectivity index (χ1) is 12.6. The number of fused-ring (bicyclic) bond motifs is 1. The van der Waals surface area contributed by atoms with Crippen molar-refractivity contribution in [2.45, 2.75) is 0 Å². The molecule has 0 radical (unpaired) electrons. The molecule has 4 rings (SSSR count). The lowest BCUT2D eigenvalue weighted by Crippen LogP contribution is -2.14. The molecule has 0 fully saturated rings. The number of anilines is 1. The Morgan fingerprint density at radius 1 is 1.04 bits per heavy atom. The van der Waals surface area contributed by atoms with Gasteiger partial charge in [-0.25, -0.2) is 9.48 Å². The van der Waals surface area contributed by atoms with Gasteiger partial charge < -0.3 is 15.4 Å². The Bertz CT molecular complexity index is 1130. The molecule has 0 unspecified atom stereocenters. The van der Waals surface area contributed by atoms with E-state index in [1.807, 2.05) is 18.2 Å². The second-order valence-electron chi connectivity index (χ2n) is 5.67. The number of aromatic carboxylic acids is 1. The van der Waals surface area contributed by atoms with E-state index in [0.717, 1.165) is 10.9 Å². The maximum absolute atomic E-state index is 12.8. The third kappa shape index (κ3) is 2.71. The summed E-state index contributed by atoms with van der Waals surface area (Å²) >= 11 is 0. The Balaban J connectivity index is 1.69. The minimum Gasteiger partial charge on any atom is -0.476 e. The van der Waals surface area contributed by atoms with Gasteiger partial charge in [0.15, 0.2) is 5.69 Å². The molecule has 0 aliphatic heterocycles. The predicted octanol–water partition coefficient (Wildman–Crippen LogP) is 3.30. The molecule has 0 spiro atoms. The summed E-state index contributed by atoms with van der Waals surface area (Å²) < 4.78 is 1.42. The van der Waals surface area contributed by atoms with Crippen LogP contribution in [-0.4, -0.2) is 31.7 Å². The van der Waals surface area contributed by atoms with Gasteiger partial charge in [0, 0.05) is 17.8 Å². The molecule has 2 aromatic carbocycles. The van der Waals surface area contributed by atoms with Crippen molar-refractivity contribution in [3.05, 3.63) is 78.2 Å². The number of rotatable bonds is 4. The number of nitrogens with one attached hydrogen (secondary N) is 2. The Hall–Kier alpha value is -3.87. The lowest BCUT2D eigenvalue weighted by molar-refractivity contribution is 0.0689. The van der Waals surface area contributed by atoms with Gasteiger partial charge in [-0.3, -0.25) is 4.79 Å². The number of amides is 1. The lowest BCUT2D eigenvalue weighted by atomic mass is 10.1. The summed E-state index contributed by atoms with van der Waals surface area (Å²) in [6.07, 6.45) is 3.33. The molecular formula is C19H14N4O3. The number of carboxylic acids is 1. The van der Waals surface area contributed by atoms with Crippen molar-refractivity contribution in [1.29, 1.82) is 0 Å². The summed E-state index contributed by atoms with van der Waals surface area (Å²) in [6.45, 7) is 0. The number of carbonyl (C=O) groups is 2. The quantitative estimate of drug-likeness (QED) is 0.528. The molecule has 0 aliphatic carbocycles. The van der Waals surface area contributed by atoms with Crippen LogP contribution in [0.15, 0.2) is 67.0 Å². The van der Waals surface area contributed by atoms with Crippen molar-refractivity contribution in [1.82, 2.24) is 14.8 Å². The van der Waals surface area contributed by atoms with Crippen LogP contribution in [0.5, 0.6) is 0 Å². The lowest BCUT2D eigenvalue weighted by Gasteiger charge is -2.11. The van der Waals surface area contributed by atoms with E-state index in [-0.39, 0.29) is 11.6 Å². The van der Waals surface area contributed by atoms with Crippen LogP contribution in [0.25, 0.3) is 16.6 Å². The zero-order chi connectivity index (χ0) is 18.1. The van der Waals surface area contributed by atoms with E-state index >= 15 is 0 Å². The highest BCUT2D eigenvalue weighted by molar-refractivity contribution is 6.12. The Kier molecular flexibility index (Phi) is 3.74. The van der Waals surface area contributed by atoms with Crippen molar-refractivity contribution in [3.8, 4) is 5.69 Å². The highest BCUT2D eigenvalue weighted by Gasteiger charge is 2.15. The average molecular weight is 346 g/mol. The van der Waals surface area contributed by atoms with Crippen LogP contribution >= 0.6 is 0 Å². The molecule has 2 aromatic heterocycles. The molecule has 4 aromatic rings. The molecule has 128 valence electrons. The van der Waals surface area contributed by atoms with E-state index in [1.165, 1.54) is 10.7 Å². The topological polar surface area (TPSA) is 100 Å². The van der Waals surface area contributed by atoms with Crippen LogP contribution < -0.4 is 5.32 Å². The van der Waals surface area contributed by atoms with Crippen LogP contribution in [0.2, 0.25) is 0 Å². The predicted molar refractivity (Wildman–Crippen MR) is 96.8 cm³/mol. The number of carboxylic acid groups (broad SMARTS) is 1. The number of hydrogen-bond acceptors (Lipinski definition) is 3. The van der Waals surface area contributed by atoms with Crippen molar-refractivity contribution < 1.29 is 14.7 Å². The summed E-state index contributed by atoms with van der Waals surface area (Å²) in [6, 6.07) is 15.9. The second kappa shape index (κ2) is 6.21. The van der Waals surface area contributed by atoms with E-state index in [9.17, 15) is 9.59 Å². The van der Waals surface area contributed by atoms with Gasteiger partial charge in [0.1, 0.15) is 0 Å². The maximum atomic E-state index is 12.8. The van der Waals surface area contributed by atoms with Crippen molar-refractivity contribution in [2.24, 2.45) is 0 Å². The van der Waals surface area contributed by atoms with E-state index in [1.54, 1.807) is 42.7 Å². The third-order valence-electron chi connectivity index (χ3n) is 4.04. The van der Waals surface area contributed by atoms with Crippen molar-refractivity contribution in [2.75, 3.05) is 5.32 Å². The largest absolute Gasteiger partial charge is 0.476 e. The van der Waals surface area contributed by atoms with E-state index in [4.69, 9.17) is 5.11 Å². The van der Waals surface area contributed by atoms with Crippen LogP contribution in [0.4, 0.5) is 5.69 Å². The Labute approximate surface area is 147 Å². The van der Waals surface area contributed by atoms with E-state index < -0.39 is 5.97 Å². The molecule has 7 heteroatoms. The van der Waals surface area contributed by atoms with Gasteiger partial charge in [0.05, 0.1) is 22.5 Å². The van der Waals surface area contributed by atoms with Crippen molar-refractivity contribution >= 4 is 28.5 Å². The number of H-pyrrole nitrogens is 1. The summed E-state index contributed by atoms with van der Waals surface area (Å²) in [5, 5.41) is 16.9. The minimum atomic E-state index is -1.11. The van der Waals surface area contributed by atoms with Crippen molar-refractivity contribution in [3.63, 3.8) is 0 Å². The van der Waals surface area contributed by atoms with Gasteiger partial charge >= 0.3 is 5.97 Å². The molecular weight excluding hydrogens is 332 g/mol. The molecule has 26 heavy (non-hydrogen) atoms. The molecule has 2 heterocycles. The third-order valence-corrected chi connectivity index (χ3v) is 4.04. The van der Waals surface area contributed by atoms with E-state index in [2.05, 4.69) is 15.4 Å². The average Bonchev–Trinajstić information content (AvgIpc) is 3.31. The zero-order valence-corrected chi connectivity index (χ0v) is 13.5. The highest BCUT2D eigenvalue weighted by atomic mass is 16.4. The van der Waals surface area contributed by atoms with Gasteiger partial charge in [-0.1, -0.05) is 24.3 Å². The molecule has 0 bridgehead atoms. The number of aromatic nitrogens is 3. The Morgan fingerprint density at radius 2 is 1.88 bits per heavy atom. The number of nitrogens with zero attached hydrogens (tertiary/aromatic N) is 2. The second-order valence-corrected chi connectivity index (χ2v) is 5.67. The van der Waals surface area contributed by atoms with Crippen LogP contribution in [-0.2, 0) is 0 Å². The number of benzene rings is 2. The summed E-state index contributed by atoms with van der Waals surface area (Å²) in [4.78, 5) is 26.9. The fourth-order valence-electron chi connectivity index (χ4n) is 2.82. The number of para-hydroxylation sites is 3. The van der Waals surface area contributed by atoms with Gasteiger partial charge in [-0.15, -0.1) is 0 Å². The smallest absolute Gasteiger partial charge is 0.356 e. The Morgan fingerprint density at radius 3 is 2.69 bits per heavy atom. The molecule has 0 aliphatic rings. The maximum Gasteiger partial charge on any atom is 0.356 e. The monoisotopic (exact) mass is 346 g/mol. The van der Waals surface area contributed by atoms with E-state index in [0.29, 0.717) is 16.9 Å².